The number of benzene rings is 1. The number of rotatable bonds is 4. The zero-order valence-electron chi connectivity index (χ0n) is 9.17. The second-order valence-corrected chi connectivity index (χ2v) is 4.92. The SMILES string of the molecule is COCCN(C)C(=O)c1ccc(I)c(Cl)c1. The number of amides is 1. The number of ether oxygens (including phenoxy) is 1. The molecule has 0 N–H and O–H groups in total. The molecular weight excluding hydrogens is 340 g/mol. The molecule has 1 aromatic carbocycles. The molecule has 0 aromatic heterocycles. The lowest BCUT2D eigenvalue weighted by Gasteiger charge is -2.16. The van der Waals surface area contributed by atoms with Gasteiger partial charge in [0.2, 0.25) is 0 Å². The van der Waals surface area contributed by atoms with Crippen LogP contribution in [0.1, 0.15) is 10.4 Å². The van der Waals surface area contributed by atoms with Crippen molar-refractivity contribution < 1.29 is 9.53 Å². The number of nitrogens with zero attached hydrogens (tertiary/aromatic N) is 1. The Morgan fingerprint density at radius 2 is 2.25 bits per heavy atom. The molecular formula is C11H13ClINO2. The van der Waals surface area contributed by atoms with E-state index in [1.165, 1.54) is 0 Å². The Morgan fingerprint density at radius 3 is 2.81 bits per heavy atom. The summed E-state index contributed by atoms with van der Waals surface area (Å²) in [6, 6.07) is 5.30. The molecule has 0 atom stereocenters. The minimum absolute atomic E-state index is 0.0460. The number of hydrogen-bond acceptors (Lipinski definition) is 2. The number of carbonyl (C=O) groups excluding carboxylic acids is 1. The Kier molecular flexibility index (Phi) is 5.51. The first-order chi connectivity index (χ1) is 7.56. The van der Waals surface area contributed by atoms with Crippen LogP contribution in [0.25, 0.3) is 0 Å². The van der Waals surface area contributed by atoms with Crippen LogP contribution in [0.4, 0.5) is 0 Å². The molecule has 0 unspecified atom stereocenters. The number of hydrogen-bond donors (Lipinski definition) is 0. The van der Waals surface area contributed by atoms with Gasteiger partial charge in [-0.2, -0.15) is 0 Å². The van der Waals surface area contributed by atoms with Crippen LogP contribution >= 0.6 is 34.2 Å². The minimum Gasteiger partial charge on any atom is -0.383 e. The molecule has 0 spiro atoms. The standard InChI is InChI=1S/C11H13ClINO2/c1-14(5-6-16-2)11(15)8-3-4-10(13)9(12)7-8/h3-4,7H,5-6H2,1-2H3. The van der Waals surface area contributed by atoms with Crippen molar-refractivity contribution in [1.82, 2.24) is 4.90 Å². The van der Waals surface area contributed by atoms with Crippen LogP contribution in [0, 0.1) is 3.57 Å². The Bertz CT molecular complexity index is 384. The lowest BCUT2D eigenvalue weighted by Crippen LogP contribution is -2.29. The second-order valence-electron chi connectivity index (χ2n) is 3.35. The first kappa shape index (κ1) is 13.7. The van der Waals surface area contributed by atoms with Crippen molar-refractivity contribution >= 4 is 40.1 Å². The van der Waals surface area contributed by atoms with Crippen molar-refractivity contribution in [2.45, 2.75) is 0 Å². The summed E-state index contributed by atoms with van der Waals surface area (Å²) >= 11 is 8.09. The van der Waals surface area contributed by atoms with Crippen LogP contribution in [-0.4, -0.2) is 38.1 Å². The molecule has 1 amide bonds. The van der Waals surface area contributed by atoms with Crippen molar-refractivity contribution in [2.24, 2.45) is 0 Å². The van der Waals surface area contributed by atoms with Crippen LogP contribution < -0.4 is 0 Å². The minimum atomic E-state index is -0.0460. The summed E-state index contributed by atoms with van der Waals surface area (Å²) in [5.74, 6) is -0.0460. The fraction of sp³-hybridized carbons (Fsp3) is 0.364. The summed E-state index contributed by atoms with van der Waals surface area (Å²) in [4.78, 5) is 13.5. The van der Waals surface area contributed by atoms with Gasteiger partial charge in [-0.05, 0) is 40.8 Å². The maximum atomic E-state index is 11.9. The van der Waals surface area contributed by atoms with E-state index in [9.17, 15) is 4.79 Å². The van der Waals surface area contributed by atoms with Crippen molar-refractivity contribution in [3.63, 3.8) is 0 Å². The lowest BCUT2D eigenvalue weighted by molar-refractivity contribution is 0.0744. The maximum Gasteiger partial charge on any atom is 0.253 e. The van der Waals surface area contributed by atoms with Gasteiger partial charge >= 0.3 is 0 Å². The molecule has 0 aliphatic rings. The van der Waals surface area contributed by atoms with E-state index in [2.05, 4.69) is 22.6 Å². The van der Waals surface area contributed by atoms with E-state index < -0.39 is 0 Å². The predicted molar refractivity (Wildman–Crippen MR) is 73.0 cm³/mol. The molecule has 16 heavy (non-hydrogen) atoms. The van der Waals surface area contributed by atoms with E-state index in [4.69, 9.17) is 16.3 Å². The van der Waals surface area contributed by atoms with Gasteiger partial charge in [0, 0.05) is 29.8 Å². The average Bonchev–Trinajstić information content (AvgIpc) is 2.28. The van der Waals surface area contributed by atoms with Crippen LogP contribution in [0.2, 0.25) is 5.02 Å². The van der Waals surface area contributed by atoms with Gasteiger partial charge in [0.1, 0.15) is 0 Å². The largest absolute Gasteiger partial charge is 0.383 e. The van der Waals surface area contributed by atoms with Crippen molar-refractivity contribution in [3.05, 3.63) is 32.4 Å². The van der Waals surface area contributed by atoms with Gasteiger partial charge in [0.25, 0.3) is 5.91 Å². The third kappa shape index (κ3) is 3.61. The van der Waals surface area contributed by atoms with Crippen LogP contribution in [0.3, 0.4) is 0 Å². The van der Waals surface area contributed by atoms with E-state index in [1.54, 1.807) is 31.2 Å². The summed E-state index contributed by atoms with van der Waals surface area (Å²) in [6.07, 6.45) is 0. The topological polar surface area (TPSA) is 29.5 Å². The van der Waals surface area contributed by atoms with Gasteiger partial charge in [0.05, 0.1) is 11.6 Å². The van der Waals surface area contributed by atoms with Gasteiger partial charge in [-0.3, -0.25) is 4.79 Å². The van der Waals surface area contributed by atoms with Crippen LogP contribution in [0.5, 0.6) is 0 Å². The normalized spacial score (nSPS) is 10.2. The number of halogens is 2. The van der Waals surface area contributed by atoms with E-state index in [0.717, 1.165) is 3.57 Å². The Hall–Kier alpha value is -0.330. The summed E-state index contributed by atoms with van der Waals surface area (Å²) in [6.45, 7) is 1.10. The molecule has 0 radical (unpaired) electrons. The molecule has 3 nitrogen and oxygen atoms in total. The molecule has 0 aliphatic heterocycles. The highest BCUT2D eigenvalue weighted by atomic mass is 127. The highest BCUT2D eigenvalue weighted by Crippen LogP contribution is 2.20. The second kappa shape index (κ2) is 6.42. The lowest BCUT2D eigenvalue weighted by atomic mass is 10.2. The van der Waals surface area contributed by atoms with E-state index in [0.29, 0.717) is 23.7 Å². The molecule has 0 heterocycles. The molecule has 1 aromatic rings. The quantitative estimate of drug-likeness (QED) is 0.779. The highest BCUT2D eigenvalue weighted by Gasteiger charge is 2.12. The van der Waals surface area contributed by atoms with E-state index in [1.807, 2.05) is 6.07 Å². The van der Waals surface area contributed by atoms with Gasteiger partial charge in [-0.15, -0.1) is 0 Å². The number of likely N-dealkylation sites (N-methyl/N-ethyl adjacent to an activating group) is 1. The van der Waals surface area contributed by atoms with Gasteiger partial charge in [-0.25, -0.2) is 0 Å². The summed E-state index contributed by atoms with van der Waals surface area (Å²) in [5.41, 5.74) is 0.601. The Morgan fingerprint density at radius 1 is 1.56 bits per heavy atom. The molecule has 5 heteroatoms. The third-order valence-corrected chi connectivity index (χ3v) is 3.72. The van der Waals surface area contributed by atoms with E-state index in [-0.39, 0.29) is 5.91 Å². The summed E-state index contributed by atoms with van der Waals surface area (Å²) in [7, 11) is 3.35. The molecule has 0 saturated carbocycles. The Balaban J connectivity index is 2.76. The predicted octanol–water partition coefficient (Wildman–Crippen LogP) is 2.66. The molecule has 0 saturated heterocycles. The average molecular weight is 354 g/mol. The first-order valence-corrected chi connectivity index (χ1v) is 6.21. The van der Waals surface area contributed by atoms with Crippen LogP contribution in [0.15, 0.2) is 18.2 Å². The molecule has 0 fully saturated rings. The maximum absolute atomic E-state index is 11.9. The van der Waals surface area contributed by atoms with E-state index >= 15 is 0 Å². The first-order valence-electron chi connectivity index (χ1n) is 4.75. The van der Waals surface area contributed by atoms with Crippen molar-refractivity contribution in [3.8, 4) is 0 Å². The molecule has 1 rings (SSSR count). The van der Waals surface area contributed by atoms with Gasteiger partial charge < -0.3 is 9.64 Å². The molecule has 88 valence electrons. The Labute approximate surface area is 114 Å². The zero-order chi connectivity index (χ0) is 12.1. The highest BCUT2D eigenvalue weighted by molar-refractivity contribution is 14.1. The summed E-state index contributed by atoms with van der Waals surface area (Å²) < 4.78 is 5.86. The van der Waals surface area contributed by atoms with Gasteiger partial charge in [0.15, 0.2) is 0 Å². The monoisotopic (exact) mass is 353 g/mol. The number of methoxy groups -OCH3 is 1. The van der Waals surface area contributed by atoms with Gasteiger partial charge in [-0.1, -0.05) is 11.6 Å². The summed E-state index contributed by atoms with van der Waals surface area (Å²) in [5, 5.41) is 0.603. The van der Waals surface area contributed by atoms with Crippen molar-refractivity contribution in [2.75, 3.05) is 27.3 Å². The third-order valence-electron chi connectivity index (χ3n) is 2.14. The smallest absolute Gasteiger partial charge is 0.253 e. The van der Waals surface area contributed by atoms with Crippen molar-refractivity contribution in [1.29, 1.82) is 0 Å². The zero-order valence-corrected chi connectivity index (χ0v) is 12.1. The molecule has 0 aliphatic carbocycles. The fourth-order valence-corrected chi connectivity index (χ4v) is 1.70. The molecule has 0 bridgehead atoms. The fourth-order valence-electron chi connectivity index (χ4n) is 1.18. The van der Waals surface area contributed by atoms with Crippen LogP contribution in [-0.2, 0) is 4.74 Å². The number of carbonyl (C=O) groups is 1.